The maximum atomic E-state index is 6.21. The van der Waals surface area contributed by atoms with Crippen LogP contribution in [0.1, 0.15) is 22.5 Å². The summed E-state index contributed by atoms with van der Waals surface area (Å²) in [4.78, 5) is 0. The highest BCUT2D eigenvalue weighted by Crippen LogP contribution is 2.27. The van der Waals surface area contributed by atoms with Gasteiger partial charge in [-0.15, -0.1) is 16.8 Å². The van der Waals surface area contributed by atoms with Crippen molar-refractivity contribution in [2.45, 2.75) is 37.9 Å². The lowest BCUT2D eigenvalue weighted by Crippen LogP contribution is -2.07. The van der Waals surface area contributed by atoms with Gasteiger partial charge < -0.3 is 4.74 Å². The Balaban J connectivity index is 1.71. The lowest BCUT2D eigenvalue weighted by atomic mass is 10.2. The van der Waals surface area contributed by atoms with Crippen LogP contribution >= 0.6 is 23.4 Å². The van der Waals surface area contributed by atoms with E-state index in [9.17, 15) is 0 Å². The van der Waals surface area contributed by atoms with Crippen molar-refractivity contribution in [1.29, 1.82) is 0 Å². The minimum Gasteiger partial charge on any atom is -0.484 e. The summed E-state index contributed by atoms with van der Waals surface area (Å²) in [6.07, 6.45) is 1.84. The zero-order valence-corrected chi connectivity index (χ0v) is 17.1. The number of hydrogen-bond donors (Lipinski definition) is 0. The maximum absolute atomic E-state index is 6.21. The van der Waals surface area contributed by atoms with E-state index in [-0.39, 0.29) is 0 Å². The third-order valence-electron chi connectivity index (χ3n) is 4.04. The van der Waals surface area contributed by atoms with E-state index in [4.69, 9.17) is 16.3 Å². The third-order valence-corrected chi connectivity index (χ3v) is 5.39. The summed E-state index contributed by atoms with van der Waals surface area (Å²) in [6.45, 7) is 8.86. The Morgan fingerprint density at radius 1 is 1.11 bits per heavy atom. The summed E-state index contributed by atoms with van der Waals surface area (Å²) in [5.41, 5.74) is 3.60. The molecule has 2 aromatic carbocycles. The predicted molar refractivity (Wildman–Crippen MR) is 111 cm³/mol. The lowest BCUT2D eigenvalue weighted by Gasteiger charge is -2.10. The van der Waals surface area contributed by atoms with Gasteiger partial charge >= 0.3 is 0 Å². The molecule has 0 fully saturated rings. The van der Waals surface area contributed by atoms with E-state index in [0.29, 0.717) is 23.9 Å². The van der Waals surface area contributed by atoms with E-state index in [0.717, 1.165) is 22.3 Å². The molecule has 0 bridgehead atoms. The van der Waals surface area contributed by atoms with Gasteiger partial charge in [0.25, 0.3) is 0 Å². The number of nitrogens with zero attached hydrogens (tertiary/aromatic N) is 3. The van der Waals surface area contributed by atoms with Crippen LogP contribution in [-0.4, -0.2) is 14.8 Å². The molecule has 0 atom stereocenters. The van der Waals surface area contributed by atoms with Crippen molar-refractivity contribution in [2.24, 2.45) is 0 Å². The number of hydrogen-bond acceptors (Lipinski definition) is 4. The van der Waals surface area contributed by atoms with E-state index in [1.165, 1.54) is 11.1 Å². The third kappa shape index (κ3) is 5.15. The molecule has 0 saturated carbocycles. The van der Waals surface area contributed by atoms with Crippen molar-refractivity contribution in [2.75, 3.05) is 0 Å². The van der Waals surface area contributed by atoms with Crippen LogP contribution in [0.15, 0.2) is 60.3 Å². The first kappa shape index (κ1) is 19.5. The van der Waals surface area contributed by atoms with E-state index in [1.807, 2.05) is 35.8 Å². The molecule has 6 heteroatoms. The van der Waals surface area contributed by atoms with E-state index >= 15 is 0 Å². The van der Waals surface area contributed by atoms with Gasteiger partial charge in [-0.3, -0.25) is 4.57 Å². The molecule has 0 unspecified atom stereocenters. The lowest BCUT2D eigenvalue weighted by molar-refractivity contribution is 0.289. The van der Waals surface area contributed by atoms with E-state index < -0.39 is 0 Å². The zero-order valence-electron chi connectivity index (χ0n) is 15.5. The number of rotatable bonds is 8. The normalized spacial score (nSPS) is 10.8. The molecule has 1 heterocycles. The van der Waals surface area contributed by atoms with Gasteiger partial charge in [-0.25, -0.2) is 0 Å². The molecule has 0 N–H and O–H groups in total. The SMILES string of the molecule is C=CCn1c(COc2cc(C)ccc2Cl)nnc1SCc1ccc(C)cc1. The Labute approximate surface area is 169 Å². The first-order chi connectivity index (χ1) is 13.1. The highest BCUT2D eigenvalue weighted by molar-refractivity contribution is 7.98. The fraction of sp³-hybridized carbons (Fsp3) is 0.238. The van der Waals surface area contributed by atoms with Crippen LogP contribution in [0.5, 0.6) is 5.75 Å². The number of aryl methyl sites for hydroxylation is 2. The number of aromatic nitrogens is 3. The Bertz CT molecular complexity index is 922. The second-order valence-electron chi connectivity index (χ2n) is 6.29. The van der Waals surface area contributed by atoms with Crippen molar-refractivity contribution in [1.82, 2.24) is 14.8 Å². The van der Waals surface area contributed by atoms with Crippen molar-refractivity contribution in [3.05, 3.63) is 82.7 Å². The summed E-state index contributed by atoms with van der Waals surface area (Å²) in [7, 11) is 0. The smallest absolute Gasteiger partial charge is 0.191 e. The fourth-order valence-electron chi connectivity index (χ4n) is 2.54. The molecule has 27 heavy (non-hydrogen) atoms. The molecule has 1 aromatic heterocycles. The van der Waals surface area contributed by atoms with E-state index in [2.05, 4.69) is 48.0 Å². The molecule has 3 rings (SSSR count). The second-order valence-corrected chi connectivity index (χ2v) is 7.64. The molecular formula is C21H22ClN3OS. The fourth-order valence-corrected chi connectivity index (χ4v) is 3.64. The van der Waals surface area contributed by atoms with Gasteiger partial charge in [0.2, 0.25) is 0 Å². The van der Waals surface area contributed by atoms with Gasteiger partial charge in [-0.2, -0.15) is 0 Å². The number of ether oxygens (including phenoxy) is 1. The van der Waals surface area contributed by atoms with E-state index in [1.54, 1.807) is 11.8 Å². The molecule has 140 valence electrons. The van der Waals surface area contributed by atoms with Gasteiger partial charge in [0.05, 0.1) is 5.02 Å². The van der Waals surface area contributed by atoms with Crippen LogP contribution in [0, 0.1) is 13.8 Å². The van der Waals surface area contributed by atoms with Gasteiger partial charge in [-0.05, 0) is 37.1 Å². The van der Waals surface area contributed by atoms with Gasteiger partial charge in [0.1, 0.15) is 12.4 Å². The molecule has 0 radical (unpaired) electrons. The maximum Gasteiger partial charge on any atom is 0.191 e. The highest BCUT2D eigenvalue weighted by atomic mass is 35.5. The molecule has 0 saturated heterocycles. The summed E-state index contributed by atoms with van der Waals surface area (Å²) >= 11 is 7.86. The highest BCUT2D eigenvalue weighted by Gasteiger charge is 2.13. The van der Waals surface area contributed by atoms with Crippen LogP contribution in [-0.2, 0) is 18.9 Å². The summed E-state index contributed by atoms with van der Waals surface area (Å²) in [6, 6.07) is 14.2. The Morgan fingerprint density at radius 3 is 2.59 bits per heavy atom. The molecule has 3 aromatic rings. The van der Waals surface area contributed by atoms with Crippen LogP contribution in [0.2, 0.25) is 5.02 Å². The number of benzene rings is 2. The average molecular weight is 400 g/mol. The summed E-state index contributed by atoms with van der Waals surface area (Å²) in [5, 5.41) is 10.1. The monoisotopic (exact) mass is 399 g/mol. The van der Waals surface area contributed by atoms with Gasteiger partial charge in [0.15, 0.2) is 11.0 Å². The van der Waals surface area contributed by atoms with Gasteiger partial charge in [0, 0.05) is 12.3 Å². The van der Waals surface area contributed by atoms with Crippen LogP contribution in [0.3, 0.4) is 0 Å². The summed E-state index contributed by atoms with van der Waals surface area (Å²) in [5.74, 6) is 2.23. The van der Waals surface area contributed by atoms with Crippen LogP contribution in [0.25, 0.3) is 0 Å². The first-order valence-corrected chi connectivity index (χ1v) is 10.0. The minimum atomic E-state index is 0.301. The number of thioether (sulfide) groups is 1. The molecule has 0 spiro atoms. The Morgan fingerprint density at radius 2 is 1.85 bits per heavy atom. The van der Waals surface area contributed by atoms with Crippen LogP contribution in [0.4, 0.5) is 0 Å². The largest absolute Gasteiger partial charge is 0.484 e. The van der Waals surface area contributed by atoms with Crippen molar-refractivity contribution >= 4 is 23.4 Å². The second kappa shape index (κ2) is 9.11. The zero-order chi connectivity index (χ0) is 19.2. The van der Waals surface area contributed by atoms with Crippen molar-refractivity contribution in [3.8, 4) is 5.75 Å². The molecule has 0 aliphatic rings. The minimum absolute atomic E-state index is 0.301. The number of allylic oxidation sites excluding steroid dienone is 1. The number of halogens is 1. The molecule has 0 amide bonds. The molecule has 0 aliphatic heterocycles. The molecular weight excluding hydrogens is 378 g/mol. The molecule has 0 aliphatic carbocycles. The summed E-state index contributed by atoms with van der Waals surface area (Å²) < 4.78 is 7.90. The predicted octanol–water partition coefficient (Wildman–Crippen LogP) is 5.61. The Kier molecular flexibility index (Phi) is 6.58. The van der Waals surface area contributed by atoms with Crippen LogP contribution < -0.4 is 4.74 Å². The first-order valence-electron chi connectivity index (χ1n) is 8.67. The Hall–Kier alpha value is -2.24. The van der Waals surface area contributed by atoms with Crippen molar-refractivity contribution in [3.63, 3.8) is 0 Å². The van der Waals surface area contributed by atoms with Crippen molar-refractivity contribution < 1.29 is 4.74 Å². The topological polar surface area (TPSA) is 39.9 Å². The van der Waals surface area contributed by atoms with Gasteiger partial charge in [-0.1, -0.05) is 65.3 Å². The molecule has 4 nitrogen and oxygen atoms in total. The average Bonchev–Trinajstić information content (AvgIpc) is 3.04. The quantitative estimate of drug-likeness (QED) is 0.365. The standard InChI is InChI=1S/C21H22ClN3OS/c1-4-11-25-20(13-26-19-12-16(3)7-10-18(19)22)23-24-21(25)27-14-17-8-5-15(2)6-9-17/h4-10,12H,1,11,13-14H2,2-3H3.